The highest BCUT2D eigenvalue weighted by Crippen LogP contribution is 2.62. The van der Waals surface area contributed by atoms with Crippen molar-refractivity contribution in [3.8, 4) is 0 Å². The molecule has 0 radical (unpaired) electrons. The number of benzene rings is 1. The van der Waals surface area contributed by atoms with Crippen LogP contribution in [0, 0.1) is 30.5 Å². The van der Waals surface area contributed by atoms with Crippen LogP contribution in [0.4, 0.5) is 4.39 Å². The van der Waals surface area contributed by atoms with Gasteiger partial charge in [0.2, 0.25) is 0 Å². The van der Waals surface area contributed by atoms with Crippen LogP contribution in [0.15, 0.2) is 18.5 Å². The van der Waals surface area contributed by atoms with Gasteiger partial charge in [0.15, 0.2) is 0 Å². The van der Waals surface area contributed by atoms with Crippen molar-refractivity contribution in [2.24, 2.45) is 17.8 Å². The minimum Gasteiger partial charge on any atom is -0.327 e. The zero-order valence-corrected chi connectivity index (χ0v) is 11.4. The molecule has 19 heavy (non-hydrogen) atoms. The van der Waals surface area contributed by atoms with Gasteiger partial charge in [0.25, 0.3) is 0 Å². The first kappa shape index (κ1) is 11.4. The third-order valence-electron chi connectivity index (χ3n) is 5.32. The molecule has 2 aliphatic carbocycles. The summed E-state index contributed by atoms with van der Waals surface area (Å²) in [6.45, 7) is 4.09. The van der Waals surface area contributed by atoms with Crippen molar-refractivity contribution in [3.63, 3.8) is 0 Å². The Kier molecular flexibility index (Phi) is 2.30. The average Bonchev–Trinajstić information content (AvgIpc) is 2.77. The van der Waals surface area contributed by atoms with Crippen LogP contribution < -0.4 is 0 Å². The largest absolute Gasteiger partial charge is 0.327 e. The molecule has 0 aliphatic heterocycles. The van der Waals surface area contributed by atoms with E-state index in [0.29, 0.717) is 11.6 Å². The third-order valence-corrected chi connectivity index (χ3v) is 5.32. The Bertz CT molecular complexity index is 633. The number of imidazole rings is 1. The van der Waals surface area contributed by atoms with E-state index in [1.165, 1.54) is 19.3 Å². The van der Waals surface area contributed by atoms with Gasteiger partial charge in [-0.1, -0.05) is 13.3 Å². The number of hydrogen-bond acceptors (Lipinski definition) is 1. The summed E-state index contributed by atoms with van der Waals surface area (Å²) in [5.41, 5.74) is 2.56. The second-order valence-corrected chi connectivity index (χ2v) is 6.27. The summed E-state index contributed by atoms with van der Waals surface area (Å²) in [6.07, 6.45) is 5.73. The number of aromatic nitrogens is 2. The molecule has 2 nitrogen and oxygen atoms in total. The van der Waals surface area contributed by atoms with Crippen LogP contribution in [0.5, 0.6) is 0 Å². The molecular formula is C16H19FN2. The molecule has 3 heteroatoms. The van der Waals surface area contributed by atoms with Gasteiger partial charge in [-0.25, -0.2) is 9.37 Å². The lowest BCUT2D eigenvalue weighted by atomic mass is 10.1. The molecule has 2 atom stereocenters. The highest BCUT2D eigenvalue weighted by Gasteiger charge is 2.54. The fraction of sp³-hybridized carbons (Fsp3) is 0.562. The first-order chi connectivity index (χ1) is 9.19. The summed E-state index contributed by atoms with van der Waals surface area (Å²) in [7, 11) is 0. The number of rotatable bonds is 2. The molecule has 1 aromatic heterocycles. The van der Waals surface area contributed by atoms with Crippen LogP contribution in [-0.4, -0.2) is 9.55 Å². The number of halogens is 1. The quantitative estimate of drug-likeness (QED) is 0.793. The van der Waals surface area contributed by atoms with E-state index in [4.69, 9.17) is 0 Å². The van der Waals surface area contributed by atoms with Crippen LogP contribution in [0.1, 0.15) is 37.8 Å². The van der Waals surface area contributed by atoms with Crippen molar-refractivity contribution in [2.45, 2.75) is 39.2 Å². The monoisotopic (exact) mass is 258 g/mol. The van der Waals surface area contributed by atoms with Gasteiger partial charge in [-0.2, -0.15) is 0 Å². The van der Waals surface area contributed by atoms with E-state index in [1.54, 1.807) is 13.0 Å². The molecule has 2 saturated carbocycles. The Balaban J connectivity index is 1.68. The van der Waals surface area contributed by atoms with Crippen LogP contribution in [0.3, 0.4) is 0 Å². The van der Waals surface area contributed by atoms with E-state index in [9.17, 15) is 4.39 Å². The normalized spacial score (nSPS) is 32.8. The van der Waals surface area contributed by atoms with Crippen molar-refractivity contribution < 1.29 is 4.39 Å². The van der Waals surface area contributed by atoms with Crippen LogP contribution in [-0.2, 0) is 0 Å². The maximum atomic E-state index is 13.8. The van der Waals surface area contributed by atoms with E-state index in [0.717, 1.165) is 28.8 Å². The Morgan fingerprint density at radius 2 is 2.05 bits per heavy atom. The molecule has 0 spiro atoms. The Hall–Kier alpha value is -1.38. The predicted octanol–water partition coefficient (Wildman–Crippen LogP) is 4.09. The minimum absolute atomic E-state index is 0.121. The van der Waals surface area contributed by atoms with Gasteiger partial charge in [-0.05, 0) is 49.1 Å². The van der Waals surface area contributed by atoms with E-state index < -0.39 is 0 Å². The van der Waals surface area contributed by atoms with Gasteiger partial charge in [-0.15, -0.1) is 0 Å². The summed E-state index contributed by atoms with van der Waals surface area (Å²) < 4.78 is 16.0. The molecular weight excluding hydrogens is 239 g/mol. The van der Waals surface area contributed by atoms with Gasteiger partial charge >= 0.3 is 0 Å². The second-order valence-electron chi connectivity index (χ2n) is 6.27. The smallest absolute Gasteiger partial charge is 0.128 e. The first-order valence-electron chi connectivity index (χ1n) is 7.31. The standard InChI is InChI=1S/C16H19FN2/c1-3-11-12-5-10(6-13(11)12)19-8-18-15-4-9(2)14(17)7-16(15)19/h4,7-8,10-13H,3,5-6H2,1-2H3. The van der Waals surface area contributed by atoms with Crippen molar-refractivity contribution in [2.75, 3.05) is 0 Å². The number of aryl methyl sites for hydroxylation is 1. The van der Waals surface area contributed by atoms with Crippen molar-refractivity contribution >= 4 is 11.0 Å². The molecule has 0 saturated heterocycles. The number of hydrogen-bond donors (Lipinski definition) is 0. The average molecular weight is 258 g/mol. The third kappa shape index (κ3) is 1.57. The lowest BCUT2D eigenvalue weighted by Gasteiger charge is -2.16. The topological polar surface area (TPSA) is 17.8 Å². The zero-order valence-electron chi connectivity index (χ0n) is 11.4. The van der Waals surface area contributed by atoms with Crippen molar-refractivity contribution in [3.05, 3.63) is 29.8 Å². The fourth-order valence-corrected chi connectivity index (χ4v) is 4.22. The van der Waals surface area contributed by atoms with Crippen LogP contribution in [0.2, 0.25) is 0 Å². The molecule has 100 valence electrons. The van der Waals surface area contributed by atoms with Gasteiger partial charge in [0, 0.05) is 12.1 Å². The lowest BCUT2D eigenvalue weighted by molar-refractivity contribution is 0.430. The summed E-state index contributed by atoms with van der Waals surface area (Å²) in [6, 6.07) is 4.04. The van der Waals surface area contributed by atoms with Crippen molar-refractivity contribution in [1.82, 2.24) is 9.55 Å². The van der Waals surface area contributed by atoms with Gasteiger partial charge in [-0.3, -0.25) is 0 Å². The fourth-order valence-electron chi connectivity index (χ4n) is 4.22. The van der Waals surface area contributed by atoms with Crippen LogP contribution in [0.25, 0.3) is 11.0 Å². The predicted molar refractivity (Wildman–Crippen MR) is 73.5 cm³/mol. The molecule has 2 aliphatic rings. The zero-order chi connectivity index (χ0) is 13.1. The molecule has 1 heterocycles. The highest BCUT2D eigenvalue weighted by atomic mass is 19.1. The summed E-state index contributed by atoms with van der Waals surface area (Å²) in [5, 5.41) is 0. The summed E-state index contributed by atoms with van der Waals surface area (Å²) in [5.74, 6) is 2.68. The van der Waals surface area contributed by atoms with Gasteiger partial charge < -0.3 is 4.57 Å². The maximum Gasteiger partial charge on any atom is 0.128 e. The van der Waals surface area contributed by atoms with E-state index in [2.05, 4.69) is 16.5 Å². The molecule has 2 fully saturated rings. The lowest BCUT2D eigenvalue weighted by Crippen LogP contribution is -2.07. The Morgan fingerprint density at radius 3 is 2.74 bits per heavy atom. The molecule has 4 rings (SSSR count). The summed E-state index contributed by atoms with van der Waals surface area (Å²) >= 11 is 0. The minimum atomic E-state index is -0.121. The molecule has 2 aromatic rings. The SMILES string of the molecule is CCC1C2CC(n3cnc4cc(C)c(F)cc43)CC12. The Morgan fingerprint density at radius 1 is 1.32 bits per heavy atom. The number of fused-ring (bicyclic) bond motifs is 2. The van der Waals surface area contributed by atoms with Crippen LogP contribution >= 0.6 is 0 Å². The maximum absolute atomic E-state index is 13.8. The second kappa shape index (κ2) is 3.81. The highest BCUT2D eigenvalue weighted by molar-refractivity contribution is 5.76. The molecule has 2 unspecified atom stereocenters. The first-order valence-corrected chi connectivity index (χ1v) is 7.31. The van der Waals surface area contributed by atoms with E-state index >= 15 is 0 Å². The molecule has 1 aromatic carbocycles. The van der Waals surface area contributed by atoms with Crippen molar-refractivity contribution in [1.29, 1.82) is 0 Å². The van der Waals surface area contributed by atoms with Gasteiger partial charge in [0.1, 0.15) is 5.82 Å². The summed E-state index contributed by atoms with van der Waals surface area (Å²) in [4.78, 5) is 4.44. The van der Waals surface area contributed by atoms with E-state index in [-0.39, 0.29) is 5.82 Å². The molecule has 0 amide bonds. The molecule has 0 bridgehead atoms. The molecule has 0 N–H and O–H groups in total. The van der Waals surface area contributed by atoms with Gasteiger partial charge in [0.05, 0.1) is 17.4 Å². The Labute approximate surface area is 112 Å². The van der Waals surface area contributed by atoms with E-state index in [1.807, 2.05) is 12.4 Å². The number of nitrogens with zero attached hydrogens (tertiary/aromatic N) is 2.